The molecule has 0 spiro atoms. The van der Waals surface area contributed by atoms with E-state index in [9.17, 15) is 8.78 Å². The maximum atomic E-state index is 12.9. The highest BCUT2D eigenvalue weighted by atomic mass is 19.1. The molecule has 0 amide bonds. The minimum absolute atomic E-state index is 0.108. The number of benzene rings is 1. The van der Waals surface area contributed by atoms with Gasteiger partial charge in [-0.25, -0.2) is 8.78 Å². The topological polar surface area (TPSA) is 32.3 Å². The lowest BCUT2D eigenvalue weighted by Gasteiger charge is -2.13. The van der Waals surface area contributed by atoms with Gasteiger partial charge in [-0.3, -0.25) is 0 Å². The number of hydrogen-bond donors (Lipinski definition) is 2. The summed E-state index contributed by atoms with van der Waals surface area (Å²) in [6.45, 7) is 2.55. The Morgan fingerprint density at radius 1 is 1.27 bits per heavy atom. The summed E-state index contributed by atoms with van der Waals surface area (Å²) in [6.07, 6.45) is 0.627. The highest BCUT2D eigenvalue weighted by Gasteiger charge is 2.07. The van der Waals surface area contributed by atoms with E-state index in [1.807, 2.05) is 6.92 Å². The summed E-state index contributed by atoms with van der Waals surface area (Å²) in [5, 5.41) is 11.6. The molecule has 1 aromatic carbocycles. The van der Waals surface area contributed by atoms with Crippen LogP contribution in [0.2, 0.25) is 0 Å². The largest absolute Gasteiger partial charge is 0.396 e. The Morgan fingerprint density at radius 2 is 1.87 bits per heavy atom. The molecule has 1 aromatic rings. The van der Waals surface area contributed by atoms with Crippen LogP contribution in [0.15, 0.2) is 18.2 Å². The van der Waals surface area contributed by atoms with Crippen molar-refractivity contribution < 1.29 is 13.9 Å². The molecule has 15 heavy (non-hydrogen) atoms. The zero-order chi connectivity index (χ0) is 11.3. The monoisotopic (exact) mass is 215 g/mol. The molecule has 0 aliphatic carbocycles. The van der Waals surface area contributed by atoms with Gasteiger partial charge in [-0.15, -0.1) is 0 Å². The average Bonchev–Trinajstić information content (AvgIpc) is 2.16. The van der Waals surface area contributed by atoms with Gasteiger partial charge >= 0.3 is 0 Å². The normalized spacial score (nSPS) is 12.8. The van der Waals surface area contributed by atoms with Gasteiger partial charge in [-0.1, -0.05) is 0 Å². The quantitative estimate of drug-likeness (QED) is 0.736. The first-order valence-corrected chi connectivity index (χ1v) is 4.93. The number of hydrogen-bond acceptors (Lipinski definition) is 2. The molecule has 0 aromatic heterocycles. The first-order chi connectivity index (χ1) is 7.13. The number of aliphatic hydroxyl groups is 1. The lowest BCUT2D eigenvalue weighted by molar-refractivity contribution is 0.284. The van der Waals surface area contributed by atoms with Crippen LogP contribution in [-0.2, 0) is 0 Å². The van der Waals surface area contributed by atoms with Crippen molar-refractivity contribution >= 4 is 0 Å². The SMILES string of the molecule is CC(NCCCO)c1cc(F)cc(F)c1. The van der Waals surface area contributed by atoms with Crippen molar-refractivity contribution in [1.29, 1.82) is 0 Å². The summed E-state index contributed by atoms with van der Waals surface area (Å²) in [7, 11) is 0. The number of halogens is 2. The van der Waals surface area contributed by atoms with Crippen LogP contribution < -0.4 is 5.32 Å². The molecule has 2 nitrogen and oxygen atoms in total. The highest BCUT2D eigenvalue weighted by Crippen LogP contribution is 2.15. The van der Waals surface area contributed by atoms with Crippen LogP contribution in [0.5, 0.6) is 0 Å². The van der Waals surface area contributed by atoms with Crippen molar-refractivity contribution in [2.24, 2.45) is 0 Å². The summed E-state index contributed by atoms with van der Waals surface area (Å²) in [4.78, 5) is 0. The predicted molar refractivity (Wildman–Crippen MR) is 54.5 cm³/mol. The number of nitrogens with one attached hydrogen (secondary N) is 1. The van der Waals surface area contributed by atoms with E-state index in [1.54, 1.807) is 0 Å². The van der Waals surface area contributed by atoms with Gasteiger partial charge in [0.15, 0.2) is 0 Å². The maximum Gasteiger partial charge on any atom is 0.126 e. The summed E-state index contributed by atoms with van der Waals surface area (Å²) in [5.41, 5.74) is 0.574. The lowest BCUT2D eigenvalue weighted by Crippen LogP contribution is -2.20. The average molecular weight is 215 g/mol. The molecule has 0 bridgehead atoms. The van der Waals surface area contributed by atoms with Crippen LogP contribution in [0, 0.1) is 11.6 Å². The summed E-state index contributed by atoms with van der Waals surface area (Å²) < 4.78 is 25.7. The van der Waals surface area contributed by atoms with E-state index in [2.05, 4.69) is 5.32 Å². The first kappa shape index (κ1) is 12.1. The Balaban J connectivity index is 2.60. The third kappa shape index (κ3) is 3.93. The fourth-order valence-electron chi connectivity index (χ4n) is 1.34. The van der Waals surface area contributed by atoms with E-state index < -0.39 is 11.6 Å². The zero-order valence-electron chi connectivity index (χ0n) is 8.63. The van der Waals surface area contributed by atoms with Gasteiger partial charge in [0.1, 0.15) is 11.6 Å². The molecule has 0 radical (unpaired) electrons. The zero-order valence-corrected chi connectivity index (χ0v) is 8.63. The van der Waals surface area contributed by atoms with Gasteiger partial charge in [-0.05, 0) is 37.6 Å². The van der Waals surface area contributed by atoms with Crippen molar-refractivity contribution in [2.45, 2.75) is 19.4 Å². The number of aliphatic hydroxyl groups excluding tert-OH is 1. The molecule has 1 atom stereocenters. The molecule has 0 aliphatic rings. The van der Waals surface area contributed by atoms with Crippen LogP contribution >= 0.6 is 0 Å². The van der Waals surface area contributed by atoms with E-state index in [0.29, 0.717) is 18.5 Å². The molecular formula is C11H15F2NO. The lowest BCUT2D eigenvalue weighted by atomic mass is 10.1. The van der Waals surface area contributed by atoms with Gasteiger partial charge in [0, 0.05) is 18.7 Å². The molecule has 0 saturated carbocycles. The van der Waals surface area contributed by atoms with Gasteiger partial charge in [-0.2, -0.15) is 0 Å². The molecule has 0 saturated heterocycles. The molecule has 84 valence electrons. The van der Waals surface area contributed by atoms with Crippen molar-refractivity contribution in [3.8, 4) is 0 Å². The molecule has 1 rings (SSSR count). The predicted octanol–water partition coefficient (Wildman–Crippen LogP) is 2.00. The van der Waals surface area contributed by atoms with Crippen LogP contribution in [-0.4, -0.2) is 18.3 Å². The third-order valence-corrected chi connectivity index (χ3v) is 2.17. The molecule has 1 unspecified atom stereocenters. The Hall–Kier alpha value is -1.00. The van der Waals surface area contributed by atoms with E-state index in [-0.39, 0.29) is 12.6 Å². The minimum Gasteiger partial charge on any atom is -0.396 e. The summed E-state index contributed by atoms with van der Waals surface area (Å²) in [5.74, 6) is -1.14. The fraction of sp³-hybridized carbons (Fsp3) is 0.455. The standard InChI is InChI=1S/C11H15F2NO/c1-8(14-3-2-4-15)9-5-10(12)7-11(13)6-9/h5-8,14-15H,2-4H2,1H3. The smallest absolute Gasteiger partial charge is 0.126 e. The van der Waals surface area contributed by atoms with Crippen LogP contribution in [0.3, 0.4) is 0 Å². The summed E-state index contributed by atoms with van der Waals surface area (Å²) in [6, 6.07) is 3.34. The third-order valence-electron chi connectivity index (χ3n) is 2.17. The van der Waals surface area contributed by atoms with Gasteiger partial charge in [0.2, 0.25) is 0 Å². The van der Waals surface area contributed by atoms with Crippen molar-refractivity contribution in [3.63, 3.8) is 0 Å². The Labute approximate surface area is 87.9 Å². The van der Waals surface area contributed by atoms with Gasteiger partial charge < -0.3 is 10.4 Å². The van der Waals surface area contributed by atoms with E-state index in [1.165, 1.54) is 12.1 Å². The summed E-state index contributed by atoms with van der Waals surface area (Å²) >= 11 is 0. The fourth-order valence-corrected chi connectivity index (χ4v) is 1.34. The second-order valence-corrected chi connectivity index (χ2v) is 3.46. The maximum absolute atomic E-state index is 12.9. The minimum atomic E-state index is -0.569. The highest BCUT2D eigenvalue weighted by molar-refractivity contribution is 5.20. The van der Waals surface area contributed by atoms with Crippen molar-refractivity contribution in [1.82, 2.24) is 5.32 Å². The molecule has 2 N–H and O–H groups in total. The Bertz CT molecular complexity index is 297. The Kier molecular flexibility index (Phi) is 4.65. The van der Waals surface area contributed by atoms with Crippen molar-refractivity contribution in [3.05, 3.63) is 35.4 Å². The van der Waals surface area contributed by atoms with Gasteiger partial charge in [0.25, 0.3) is 0 Å². The molecule has 0 fully saturated rings. The first-order valence-electron chi connectivity index (χ1n) is 4.93. The molecular weight excluding hydrogens is 200 g/mol. The number of rotatable bonds is 5. The molecule has 4 heteroatoms. The molecule has 0 heterocycles. The van der Waals surface area contributed by atoms with Crippen LogP contribution in [0.1, 0.15) is 24.9 Å². The Morgan fingerprint density at radius 3 is 2.40 bits per heavy atom. The van der Waals surface area contributed by atoms with Crippen LogP contribution in [0.25, 0.3) is 0 Å². The van der Waals surface area contributed by atoms with E-state index in [0.717, 1.165) is 6.07 Å². The van der Waals surface area contributed by atoms with Crippen LogP contribution in [0.4, 0.5) is 8.78 Å². The molecule has 0 aliphatic heterocycles. The van der Waals surface area contributed by atoms with Gasteiger partial charge in [0.05, 0.1) is 0 Å². The van der Waals surface area contributed by atoms with E-state index in [4.69, 9.17) is 5.11 Å². The second-order valence-electron chi connectivity index (χ2n) is 3.46. The second kappa shape index (κ2) is 5.78. The van der Waals surface area contributed by atoms with Crippen molar-refractivity contribution in [2.75, 3.05) is 13.2 Å². The van der Waals surface area contributed by atoms with E-state index >= 15 is 0 Å².